The quantitative estimate of drug-likeness (QED) is 0.537. The van der Waals surface area contributed by atoms with Gasteiger partial charge in [-0.2, -0.15) is 0 Å². The van der Waals surface area contributed by atoms with Gasteiger partial charge < -0.3 is 5.11 Å². The number of nitro groups is 2. The Hall–Kier alpha value is -1.73. The molecule has 0 aliphatic heterocycles. The average Bonchev–Trinajstić information content (AvgIpc) is 2.26. The van der Waals surface area contributed by atoms with Gasteiger partial charge in [0, 0.05) is 9.85 Å². The molecule has 0 saturated heterocycles. The van der Waals surface area contributed by atoms with Gasteiger partial charge in [0.15, 0.2) is 0 Å². The summed E-state index contributed by atoms with van der Waals surface area (Å²) in [5, 5.41) is 31.4. The van der Waals surface area contributed by atoms with E-state index in [0.29, 0.717) is 0 Å². The van der Waals surface area contributed by atoms with Crippen LogP contribution in [0, 0.1) is 55.2 Å². The minimum absolute atomic E-state index is 0.136. The van der Waals surface area contributed by atoms with Gasteiger partial charge in [-0.15, -0.1) is 0 Å². The summed E-state index contributed by atoms with van der Waals surface area (Å²) in [6.07, 6.45) is -0.279. The third-order valence-electron chi connectivity index (χ3n) is 6.96. The average molecular weight is 252 g/mol. The van der Waals surface area contributed by atoms with Gasteiger partial charge in [0.1, 0.15) is 0 Å². The molecular formula is C10H8N2O6. The fraction of sp³-hybridized carbons (Fsp3) is 0.900. The molecule has 0 amide bonds. The number of carbonyl (C=O) groups is 1. The lowest BCUT2D eigenvalue weighted by Gasteiger charge is -3.05. The van der Waals surface area contributed by atoms with Crippen molar-refractivity contribution in [3.05, 3.63) is 20.2 Å². The van der Waals surface area contributed by atoms with Crippen molar-refractivity contribution in [1.82, 2.24) is 0 Å². The van der Waals surface area contributed by atoms with Gasteiger partial charge in [0.05, 0.1) is 41.4 Å². The van der Waals surface area contributed by atoms with Crippen molar-refractivity contribution in [3.8, 4) is 0 Å². The fourth-order valence-electron chi connectivity index (χ4n) is 7.18. The van der Waals surface area contributed by atoms with Crippen molar-refractivity contribution >= 4 is 5.97 Å². The van der Waals surface area contributed by atoms with E-state index in [1.807, 2.05) is 0 Å². The Morgan fingerprint density at radius 2 is 1.67 bits per heavy atom. The van der Waals surface area contributed by atoms with Crippen LogP contribution in [0.15, 0.2) is 0 Å². The third-order valence-corrected chi connectivity index (χ3v) is 6.96. The highest BCUT2D eigenvalue weighted by Gasteiger charge is 3.26. The van der Waals surface area contributed by atoms with Gasteiger partial charge in [0.2, 0.25) is 11.1 Å². The maximum Gasteiger partial charge on any atom is 0.304 e. The minimum Gasteiger partial charge on any atom is -0.481 e. The molecule has 4 unspecified atom stereocenters. The van der Waals surface area contributed by atoms with Crippen LogP contribution < -0.4 is 0 Å². The number of nitrogens with zero attached hydrogens (tertiary/aromatic N) is 2. The van der Waals surface area contributed by atoms with E-state index in [1.54, 1.807) is 0 Å². The molecule has 1 N–H and O–H groups in total. The van der Waals surface area contributed by atoms with E-state index in [9.17, 15) is 25.0 Å². The standard InChI is InChI=1S/C10H8N2O6/c13-2(14)1-8-6-4-3-5(10(4,8)12(17)18)7(8)9(3,6)11(15)16/h3-7H,1H2,(H,13,14). The van der Waals surface area contributed by atoms with Crippen molar-refractivity contribution in [1.29, 1.82) is 0 Å². The summed E-state index contributed by atoms with van der Waals surface area (Å²) in [5.74, 6) is -2.34. The molecule has 0 spiro atoms. The Bertz CT molecular complexity index is 579. The molecule has 0 heterocycles. The number of hydrogen-bond acceptors (Lipinski definition) is 5. The molecule has 6 saturated carbocycles. The van der Waals surface area contributed by atoms with Gasteiger partial charge in [0.25, 0.3) is 0 Å². The van der Waals surface area contributed by atoms with Crippen molar-refractivity contribution in [2.45, 2.75) is 17.5 Å². The van der Waals surface area contributed by atoms with E-state index in [1.165, 1.54) is 0 Å². The van der Waals surface area contributed by atoms with E-state index < -0.39 is 22.5 Å². The molecule has 0 aromatic heterocycles. The first-order valence-electron chi connectivity index (χ1n) is 5.92. The Kier molecular flexibility index (Phi) is 0.936. The van der Waals surface area contributed by atoms with Crippen LogP contribution in [0.25, 0.3) is 0 Å². The lowest BCUT2D eigenvalue weighted by molar-refractivity contribution is -0.889. The SMILES string of the molecule is O=C(O)CC12C3C4C5C(C1C53[N+](=O)[O-])C42[N+](=O)[O-]. The molecule has 6 fully saturated rings. The number of hydrogen-bond donors (Lipinski definition) is 1. The predicted molar refractivity (Wildman–Crippen MR) is 51.6 cm³/mol. The largest absolute Gasteiger partial charge is 0.481 e. The van der Waals surface area contributed by atoms with Crippen LogP contribution >= 0.6 is 0 Å². The molecular weight excluding hydrogens is 244 g/mol. The van der Waals surface area contributed by atoms with E-state index in [4.69, 9.17) is 5.11 Å². The fourth-order valence-corrected chi connectivity index (χ4v) is 7.18. The Labute approximate surface area is 99.3 Å². The molecule has 6 aliphatic carbocycles. The summed E-state index contributed by atoms with van der Waals surface area (Å²) < 4.78 is 0. The molecule has 4 atom stereocenters. The lowest BCUT2D eigenvalue weighted by Crippen LogP contribution is -3.21. The zero-order valence-electron chi connectivity index (χ0n) is 8.98. The van der Waals surface area contributed by atoms with E-state index >= 15 is 0 Å². The Balaban J connectivity index is 1.64. The highest BCUT2D eigenvalue weighted by molar-refractivity contribution is 5.75. The first kappa shape index (κ1) is 9.23. The smallest absolute Gasteiger partial charge is 0.304 e. The first-order valence-corrected chi connectivity index (χ1v) is 5.92. The van der Waals surface area contributed by atoms with Crippen molar-refractivity contribution in [2.75, 3.05) is 0 Å². The molecule has 94 valence electrons. The lowest BCUT2D eigenvalue weighted by atomic mass is 8.91. The third kappa shape index (κ3) is 0.371. The van der Waals surface area contributed by atoms with Crippen LogP contribution in [-0.2, 0) is 4.79 Å². The molecule has 0 radical (unpaired) electrons. The summed E-state index contributed by atoms with van der Waals surface area (Å²) in [7, 11) is 0. The van der Waals surface area contributed by atoms with Crippen LogP contribution in [0.5, 0.6) is 0 Å². The van der Waals surface area contributed by atoms with Crippen molar-refractivity contribution in [2.24, 2.45) is 35.0 Å². The van der Waals surface area contributed by atoms with Crippen LogP contribution in [-0.4, -0.2) is 32.0 Å². The molecule has 8 nitrogen and oxygen atoms in total. The number of carboxylic acids is 1. The van der Waals surface area contributed by atoms with E-state index in [0.717, 1.165) is 0 Å². The topological polar surface area (TPSA) is 124 Å². The molecule has 18 heavy (non-hydrogen) atoms. The van der Waals surface area contributed by atoms with Gasteiger partial charge >= 0.3 is 5.97 Å². The second-order valence-corrected chi connectivity index (χ2v) is 6.37. The maximum absolute atomic E-state index is 11.3. The molecule has 8 heteroatoms. The number of aliphatic carboxylic acids is 1. The van der Waals surface area contributed by atoms with Gasteiger partial charge in [-0.05, 0) is 0 Å². The molecule has 6 aliphatic rings. The zero-order chi connectivity index (χ0) is 12.8. The molecule has 6 rings (SSSR count). The van der Waals surface area contributed by atoms with Gasteiger partial charge in [-0.3, -0.25) is 25.0 Å². The normalized spacial score (nSPS) is 66.3. The molecule has 0 bridgehead atoms. The number of rotatable bonds is 4. The Morgan fingerprint density at radius 1 is 1.11 bits per heavy atom. The summed E-state index contributed by atoms with van der Waals surface area (Å²) in [6.45, 7) is 0. The predicted octanol–water partition coefficient (Wildman–Crippen LogP) is -0.372. The monoisotopic (exact) mass is 252 g/mol. The van der Waals surface area contributed by atoms with Gasteiger partial charge in [-0.1, -0.05) is 0 Å². The summed E-state index contributed by atoms with van der Waals surface area (Å²) in [6, 6.07) is 0. The zero-order valence-corrected chi connectivity index (χ0v) is 8.98. The minimum atomic E-state index is -1.11. The Morgan fingerprint density at radius 3 is 2.06 bits per heavy atom. The molecule has 0 aromatic carbocycles. The van der Waals surface area contributed by atoms with E-state index in [-0.39, 0.29) is 45.9 Å². The van der Waals surface area contributed by atoms with Crippen LogP contribution in [0.1, 0.15) is 6.42 Å². The van der Waals surface area contributed by atoms with Crippen LogP contribution in [0.3, 0.4) is 0 Å². The summed E-state index contributed by atoms with van der Waals surface area (Å²) in [5.41, 5.74) is -2.97. The van der Waals surface area contributed by atoms with Crippen LogP contribution in [0.2, 0.25) is 0 Å². The van der Waals surface area contributed by atoms with Gasteiger partial charge in [-0.25, -0.2) is 0 Å². The number of carboxylic acid groups (broad SMARTS) is 1. The van der Waals surface area contributed by atoms with Crippen molar-refractivity contribution in [3.63, 3.8) is 0 Å². The summed E-state index contributed by atoms with van der Waals surface area (Å²) >= 11 is 0. The van der Waals surface area contributed by atoms with Crippen LogP contribution in [0.4, 0.5) is 0 Å². The highest BCUT2D eigenvalue weighted by atomic mass is 16.6. The second kappa shape index (κ2) is 1.83. The maximum atomic E-state index is 11.3. The summed E-state index contributed by atoms with van der Waals surface area (Å²) in [4.78, 5) is 32.8. The first-order chi connectivity index (χ1) is 8.41. The van der Waals surface area contributed by atoms with E-state index in [2.05, 4.69) is 0 Å². The molecule has 0 aromatic rings. The van der Waals surface area contributed by atoms with Crippen molar-refractivity contribution < 1.29 is 19.7 Å². The second-order valence-electron chi connectivity index (χ2n) is 6.37. The highest BCUT2D eigenvalue weighted by Crippen LogP contribution is 3.09.